The molecule has 0 amide bonds. The van der Waals surface area contributed by atoms with Crippen LogP contribution in [0.3, 0.4) is 0 Å². The highest BCUT2D eigenvalue weighted by Gasteiger charge is 2.33. The molecule has 0 atom stereocenters. The van der Waals surface area contributed by atoms with Crippen LogP contribution in [0, 0.1) is 25.5 Å². The van der Waals surface area contributed by atoms with Gasteiger partial charge in [-0.2, -0.15) is 0 Å². The summed E-state index contributed by atoms with van der Waals surface area (Å²) in [7, 11) is 1.78. The molecule has 1 fully saturated rings. The monoisotopic (exact) mass is 590 g/mol. The summed E-state index contributed by atoms with van der Waals surface area (Å²) >= 11 is 6.81. The summed E-state index contributed by atoms with van der Waals surface area (Å²) in [6.45, 7) is 2.52. The second-order valence-electron chi connectivity index (χ2n) is 9.63. The lowest BCUT2D eigenvalue weighted by Gasteiger charge is -2.41. The lowest BCUT2D eigenvalue weighted by molar-refractivity contribution is 0.0441. The van der Waals surface area contributed by atoms with E-state index in [2.05, 4.69) is 5.32 Å². The third-order valence-corrected chi connectivity index (χ3v) is 7.52. The molecule has 0 spiro atoms. The summed E-state index contributed by atoms with van der Waals surface area (Å²) in [5.74, 6) is -3.66. The molecule has 2 aromatic heterocycles. The molecule has 5 rings (SSSR count). The second-order valence-corrected chi connectivity index (χ2v) is 10.0. The molecule has 41 heavy (non-hydrogen) atoms. The van der Waals surface area contributed by atoms with Crippen molar-refractivity contribution in [2.75, 3.05) is 30.8 Å². The maximum atomic E-state index is 15.8. The first-order valence-corrected chi connectivity index (χ1v) is 12.8. The molecule has 0 saturated carbocycles. The molecular formula is C27H25ClF2N4O7. The Morgan fingerprint density at radius 1 is 1.24 bits per heavy atom. The van der Waals surface area contributed by atoms with E-state index in [4.69, 9.17) is 30.9 Å². The number of aryl methyl sites for hydroxylation is 2. The number of benzene rings is 2. The third-order valence-electron chi connectivity index (χ3n) is 7.16. The minimum Gasteiger partial charge on any atom is -0.454 e. The summed E-state index contributed by atoms with van der Waals surface area (Å²) in [5, 5.41) is 12.8. The van der Waals surface area contributed by atoms with Crippen LogP contribution in [0.2, 0.25) is 5.02 Å². The Kier molecular flexibility index (Phi) is 7.36. The number of halogens is 3. The maximum Gasteiger partial charge on any atom is 0.519 e. The van der Waals surface area contributed by atoms with Crippen molar-refractivity contribution in [2.45, 2.75) is 33.1 Å². The number of aromatic nitrogens is 1. The number of aliphatic hydroxyl groups excluding tert-OH is 1. The van der Waals surface area contributed by atoms with Crippen molar-refractivity contribution in [2.24, 2.45) is 0 Å². The number of nitrogens with one attached hydrogen (secondary N) is 1. The Balaban J connectivity index is 1.77. The van der Waals surface area contributed by atoms with Crippen molar-refractivity contribution in [1.29, 1.82) is 0 Å². The van der Waals surface area contributed by atoms with Crippen LogP contribution in [0.1, 0.15) is 33.0 Å². The number of nitrogen functional groups attached to an aromatic ring is 1. The van der Waals surface area contributed by atoms with Gasteiger partial charge in [-0.3, -0.25) is 4.79 Å². The first kappa shape index (κ1) is 28.3. The van der Waals surface area contributed by atoms with Crippen LogP contribution in [0.25, 0.3) is 16.6 Å². The van der Waals surface area contributed by atoms with Gasteiger partial charge in [0.25, 0.3) is 0 Å². The summed E-state index contributed by atoms with van der Waals surface area (Å²) in [6, 6.07) is 2.31. The molecule has 4 aromatic rings. The van der Waals surface area contributed by atoms with Crippen molar-refractivity contribution in [3.05, 3.63) is 84.0 Å². The molecule has 14 heteroatoms. The highest BCUT2D eigenvalue weighted by molar-refractivity contribution is 6.38. The number of nitrogens with zero attached hydrogens (tertiary/aromatic N) is 2. The van der Waals surface area contributed by atoms with E-state index in [9.17, 15) is 23.9 Å². The fourth-order valence-corrected chi connectivity index (χ4v) is 5.20. The van der Waals surface area contributed by atoms with Crippen LogP contribution < -0.4 is 27.2 Å². The first-order valence-electron chi connectivity index (χ1n) is 12.4. The van der Waals surface area contributed by atoms with Crippen LogP contribution in [0.5, 0.6) is 0 Å². The summed E-state index contributed by atoms with van der Waals surface area (Å²) < 4.78 is 46.3. The predicted octanol–water partition coefficient (Wildman–Crippen LogP) is 2.92. The fraction of sp³-hybridized carbons (Fsp3) is 0.296. The van der Waals surface area contributed by atoms with Gasteiger partial charge < -0.3 is 39.2 Å². The Bertz CT molecular complexity index is 1830. The number of rotatable bonds is 7. The number of carbonyl (C=O) groups is 1. The van der Waals surface area contributed by atoms with Crippen LogP contribution in [0.4, 0.5) is 20.2 Å². The molecule has 2 aromatic carbocycles. The zero-order valence-corrected chi connectivity index (χ0v) is 22.9. The lowest BCUT2D eigenvalue weighted by Crippen LogP contribution is -2.57. The Morgan fingerprint density at radius 3 is 2.56 bits per heavy atom. The van der Waals surface area contributed by atoms with Crippen molar-refractivity contribution in [1.82, 2.24) is 9.88 Å². The number of carbonyl (C=O) groups excluding carboxylic acids is 1. The predicted molar refractivity (Wildman–Crippen MR) is 146 cm³/mol. The quantitative estimate of drug-likeness (QED) is 0.216. The van der Waals surface area contributed by atoms with Crippen LogP contribution >= 0.6 is 11.6 Å². The Morgan fingerprint density at radius 2 is 1.95 bits per heavy atom. The van der Waals surface area contributed by atoms with Gasteiger partial charge in [0.05, 0.1) is 39.6 Å². The number of ether oxygens (including phenoxy) is 1. The maximum absolute atomic E-state index is 15.8. The minimum absolute atomic E-state index is 0.0207. The number of nitrogens with two attached hydrogens (primary N) is 1. The molecule has 4 N–H and O–H groups in total. The normalized spacial score (nSPS) is 13.6. The van der Waals surface area contributed by atoms with E-state index >= 15 is 4.39 Å². The minimum atomic E-state index is -1.13. The number of anilines is 2. The average molecular weight is 591 g/mol. The molecule has 11 nitrogen and oxygen atoms in total. The van der Waals surface area contributed by atoms with Gasteiger partial charge in [0.1, 0.15) is 11.4 Å². The Hall–Kier alpha value is -4.20. The number of fused-ring (bicyclic) bond motifs is 1. The molecule has 0 unspecified atom stereocenters. The van der Waals surface area contributed by atoms with E-state index in [-0.39, 0.29) is 61.7 Å². The van der Waals surface area contributed by atoms with Crippen LogP contribution in [-0.4, -0.2) is 41.8 Å². The van der Waals surface area contributed by atoms with Gasteiger partial charge in [-0.1, -0.05) is 11.6 Å². The standard InChI is InChI=1S/C27H25ClF2N4O7/c1-11-20-23(21(28)24(22(11)30)33-6-14(7-33)32-3)34(18-5-17(31)16(29)4-13(18)9-35)8-15(25(20)36)26(37)39-10-19-12(2)40-27(38)41-19/h4-5,8,14,32,35H,6-7,9-10,31H2,1-3H3. The number of esters is 1. The van der Waals surface area contributed by atoms with Gasteiger partial charge in [0.2, 0.25) is 5.43 Å². The number of pyridine rings is 1. The molecule has 216 valence electrons. The number of hydrogen-bond donors (Lipinski definition) is 3. The SMILES string of the molecule is CNC1CN(c2c(F)c(C)c3c(=O)c(C(=O)OCc4oc(=O)oc4C)cn(-c4cc(N)c(F)cc4CO)c3c2Cl)C1. The fourth-order valence-electron chi connectivity index (χ4n) is 4.82. The van der Waals surface area contributed by atoms with Crippen molar-refractivity contribution < 1.29 is 32.3 Å². The first-order chi connectivity index (χ1) is 19.5. The summed E-state index contributed by atoms with van der Waals surface area (Å²) in [4.78, 5) is 39.9. The van der Waals surface area contributed by atoms with Gasteiger partial charge in [-0.15, -0.1) is 0 Å². The smallest absolute Gasteiger partial charge is 0.454 e. The highest BCUT2D eigenvalue weighted by Crippen LogP contribution is 2.41. The number of likely N-dealkylation sites (N-methyl/N-ethyl adjacent to an activating group) is 1. The van der Waals surface area contributed by atoms with E-state index in [0.717, 1.165) is 12.3 Å². The van der Waals surface area contributed by atoms with Gasteiger partial charge >= 0.3 is 11.8 Å². The Labute approximate surface area is 235 Å². The van der Waals surface area contributed by atoms with Gasteiger partial charge in [-0.25, -0.2) is 18.4 Å². The second kappa shape index (κ2) is 10.7. The highest BCUT2D eigenvalue weighted by atomic mass is 35.5. The van der Waals surface area contributed by atoms with E-state index in [0.29, 0.717) is 13.1 Å². The van der Waals surface area contributed by atoms with Crippen molar-refractivity contribution >= 4 is 39.8 Å². The van der Waals surface area contributed by atoms with Crippen LogP contribution in [0.15, 0.2) is 36.8 Å². The number of hydrogen-bond acceptors (Lipinski definition) is 10. The van der Waals surface area contributed by atoms with Gasteiger partial charge in [-0.05, 0) is 33.0 Å². The summed E-state index contributed by atoms with van der Waals surface area (Å²) in [6.07, 6.45) is 1.11. The van der Waals surface area contributed by atoms with E-state index in [1.807, 2.05) is 0 Å². The van der Waals surface area contributed by atoms with Crippen LogP contribution in [-0.2, 0) is 18.0 Å². The van der Waals surface area contributed by atoms with Gasteiger partial charge in [0.15, 0.2) is 23.9 Å². The number of aliphatic hydroxyl groups is 1. The molecule has 0 radical (unpaired) electrons. The van der Waals surface area contributed by atoms with E-state index in [1.54, 1.807) is 11.9 Å². The molecule has 3 heterocycles. The van der Waals surface area contributed by atoms with E-state index in [1.165, 1.54) is 24.5 Å². The van der Waals surface area contributed by atoms with Crippen molar-refractivity contribution in [3.63, 3.8) is 0 Å². The molecule has 1 aliphatic rings. The van der Waals surface area contributed by atoms with Gasteiger partial charge in [0, 0.05) is 36.5 Å². The van der Waals surface area contributed by atoms with Crippen molar-refractivity contribution in [3.8, 4) is 5.69 Å². The zero-order chi connectivity index (χ0) is 29.7. The zero-order valence-electron chi connectivity index (χ0n) is 22.1. The molecule has 1 saturated heterocycles. The molecular weight excluding hydrogens is 566 g/mol. The third kappa shape index (κ3) is 4.75. The van der Waals surface area contributed by atoms with E-state index < -0.39 is 47.6 Å². The average Bonchev–Trinajstić information content (AvgIpc) is 3.24. The largest absolute Gasteiger partial charge is 0.519 e. The topological polar surface area (TPSA) is 153 Å². The molecule has 1 aliphatic heterocycles. The summed E-state index contributed by atoms with van der Waals surface area (Å²) in [5.41, 5.74) is 4.28. The molecule has 0 bridgehead atoms. The molecule has 0 aliphatic carbocycles. The lowest BCUT2D eigenvalue weighted by atomic mass is 10.00.